The molecule has 0 aromatic carbocycles. The normalized spacial score (nSPS) is 13.4. The van der Waals surface area contributed by atoms with Crippen molar-refractivity contribution in [3.8, 4) is 0 Å². The first-order valence-electron chi connectivity index (χ1n) is 7.47. The second-order valence-corrected chi connectivity index (χ2v) is 7.48. The molecule has 7 heteroatoms. The number of hydrogen-bond donors (Lipinski definition) is 1. The molecule has 3 heterocycles. The number of anilines is 1. The first-order valence-corrected chi connectivity index (χ1v) is 8.35. The van der Waals surface area contributed by atoms with Gasteiger partial charge >= 0.3 is 0 Å². The lowest BCUT2D eigenvalue weighted by Gasteiger charge is -2.31. The molecule has 0 aliphatic rings. The van der Waals surface area contributed by atoms with Crippen LogP contribution in [-0.2, 0) is 11.3 Å². The molecule has 0 bridgehead atoms. The molecule has 0 amide bonds. The molecule has 0 saturated heterocycles. The summed E-state index contributed by atoms with van der Waals surface area (Å²) in [7, 11) is 1.66. The first-order chi connectivity index (χ1) is 11.0. The molecule has 3 rings (SSSR count). The van der Waals surface area contributed by atoms with Crippen molar-refractivity contribution >= 4 is 22.9 Å². The molecule has 1 atom stereocenters. The van der Waals surface area contributed by atoms with Crippen LogP contribution in [0.1, 0.15) is 37.4 Å². The Hall–Kier alpha value is -1.99. The number of thiophene rings is 1. The van der Waals surface area contributed by atoms with Crippen molar-refractivity contribution in [3.63, 3.8) is 0 Å². The number of rotatable bonds is 5. The molecule has 1 N–H and O–H groups in total. The maximum absolute atomic E-state index is 5.21. The van der Waals surface area contributed by atoms with Crippen molar-refractivity contribution in [1.29, 1.82) is 0 Å². The lowest BCUT2D eigenvalue weighted by atomic mass is 9.86. The van der Waals surface area contributed by atoms with E-state index in [1.54, 1.807) is 23.0 Å². The highest BCUT2D eigenvalue weighted by Crippen LogP contribution is 2.37. The van der Waals surface area contributed by atoms with Gasteiger partial charge in [-0.05, 0) is 16.9 Å². The molecule has 3 aromatic rings. The quantitative estimate of drug-likeness (QED) is 0.775. The summed E-state index contributed by atoms with van der Waals surface area (Å²) in [6.07, 6.45) is 1.52. The minimum absolute atomic E-state index is 0.0441. The highest BCUT2D eigenvalue weighted by atomic mass is 32.1. The SMILES string of the molecule is COCc1cc(NC(c2cccs2)C(C)(C)C)n2ncnc2n1. The fourth-order valence-electron chi connectivity index (χ4n) is 2.50. The van der Waals surface area contributed by atoms with E-state index in [0.717, 1.165) is 11.5 Å². The fraction of sp³-hybridized carbons (Fsp3) is 0.438. The summed E-state index contributed by atoms with van der Waals surface area (Å²) in [5, 5.41) is 10.0. The fourth-order valence-corrected chi connectivity index (χ4v) is 3.52. The largest absolute Gasteiger partial charge is 0.378 e. The van der Waals surface area contributed by atoms with Gasteiger partial charge in [0.05, 0.1) is 18.3 Å². The average molecular weight is 331 g/mol. The standard InChI is InChI=1S/C16H21N5OS/c1-16(2,3)14(12-6-5-7-23-12)20-13-8-11(9-22-4)19-15-17-10-18-21(13)15/h5-8,10,14,20H,9H2,1-4H3. The van der Waals surface area contributed by atoms with Crippen molar-refractivity contribution in [3.05, 3.63) is 40.5 Å². The van der Waals surface area contributed by atoms with Crippen molar-refractivity contribution in [2.24, 2.45) is 5.41 Å². The van der Waals surface area contributed by atoms with Gasteiger partial charge in [-0.15, -0.1) is 11.3 Å². The molecule has 3 aromatic heterocycles. The van der Waals surface area contributed by atoms with Gasteiger partial charge in [-0.1, -0.05) is 26.8 Å². The number of fused-ring (bicyclic) bond motifs is 1. The summed E-state index contributed by atoms with van der Waals surface area (Å²) < 4.78 is 6.93. The maximum Gasteiger partial charge on any atom is 0.254 e. The Morgan fingerprint density at radius 1 is 1.39 bits per heavy atom. The zero-order valence-electron chi connectivity index (χ0n) is 13.8. The van der Waals surface area contributed by atoms with E-state index >= 15 is 0 Å². The van der Waals surface area contributed by atoms with E-state index in [2.05, 4.69) is 58.7 Å². The van der Waals surface area contributed by atoms with E-state index in [1.807, 2.05) is 6.07 Å². The Bertz CT molecular complexity index is 775. The third-order valence-electron chi connectivity index (χ3n) is 3.58. The highest BCUT2D eigenvalue weighted by Gasteiger charge is 2.28. The van der Waals surface area contributed by atoms with Crippen LogP contribution in [0, 0.1) is 5.41 Å². The average Bonchev–Trinajstić information content (AvgIpc) is 3.14. The molecule has 0 aliphatic carbocycles. The van der Waals surface area contributed by atoms with E-state index in [4.69, 9.17) is 4.74 Å². The number of nitrogens with zero attached hydrogens (tertiary/aromatic N) is 4. The maximum atomic E-state index is 5.21. The minimum Gasteiger partial charge on any atom is -0.378 e. The smallest absolute Gasteiger partial charge is 0.254 e. The Labute approximate surface area is 139 Å². The van der Waals surface area contributed by atoms with Crippen molar-refractivity contribution in [1.82, 2.24) is 19.6 Å². The van der Waals surface area contributed by atoms with E-state index in [1.165, 1.54) is 11.2 Å². The van der Waals surface area contributed by atoms with Crippen LogP contribution in [0.25, 0.3) is 5.78 Å². The Morgan fingerprint density at radius 2 is 2.22 bits per heavy atom. The van der Waals surface area contributed by atoms with Crippen LogP contribution in [0.3, 0.4) is 0 Å². The lowest BCUT2D eigenvalue weighted by Crippen LogP contribution is -2.26. The predicted molar refractivity (Wildman–Crippen MR) is 91.6 cm³/mol. The lowest BCUT2D eigenvalue weighted by molar-refractivity contribution is 0.181. The van der Waals surface area contributed by atoms with Gasteiger partial charge in [0, 0.05) is 18.1 Å². The third kappa shape index (κ3) is 3.35. The summed E-state index contributed by atoms with van der Waals surface area (Å²) >= 11 is 1.75. The van der Waals surface area contributed by atoms with Gasteiger partial charge in [0.1, 0.15) is 12.1 Å². The van der Waals surface area contributed by atoms with E-state index in [9.17, 15) is 0 Å². The summed E-state index contributed by atoms with van der Waals surface area (Å²) in [4.78, 5) is 9.93. The Kier molecular flexibility index (Phi) is 4.32. The van der Waals surface area contributed by atoms with Gasteiger partial charge < -0.3 is 10.1 Å². The van der Waals surface area contributed by atoms with Crippen LogP contribution in [0.5, 0.6) is 0 Å². The third-order valence-corrected chi connectivity index (χ3v) is 4.52. The van der Waals surface area contributed by atoms with Crippen molar-refractivity contribution < 1.29 is 4.74 Å². The van der Waals surface area contributed by atoms with Crippen LogP contribution in [0.15, 0.2) is 29.9 Å². The number of aromatic nitrogens is 4. The molecule has 0 spiro atoms. The van der Waals surface area contributed by atoms with E-state index in [0.29, 0.717) is 12.4 Å². The Morgan fingerprint density at radius 3 is 2.87 bits per heavy atom. The first kappa shape index (κ1) is 15.9. The number of nitrogens with one attached hydrogen (secondary N) is 1. The van der Waals surface area contributed by atoms with Gasteiger partial charge in [0.25, 0.3) is 5.78 Å². The number of hydrogen-bond acceptors (Lipinski definition) is 6. The topological polar surface area (TPSA) is 64.3 Å². The molecular weight excluding hydrogens is 310 g/mol. The molecule has 122 valence electrons. The van der Waals surface area contributed by atoms with Gasteiger partial charge in [0.2, 0.25) is 0 Å². The monoisotopic (exact) mass is 331 g/mol. The molecule has 0 saturated carbocycles. The molecule has 0 fully saturated rings. The molecule has 6 nitrogen and oxygen atoms in total. The highest BCUT2D eigenvalue weighted by molar-refractivity contribution is 7.10. The van der Waals surface area contributed by atoms with Crippen molar-refractivity contribution in [2.75, 3.05) is 12.4 Å². The van der Waals surface area contributed by atoms with Gasteiger partial charge in [-0.25, -0.2) is 4.98 Å². The second kappa shape index (κ2) is 6.25. The number of ether oxygens (including phenoxy) is 1. The van der Waals surface area contributed by atoms with Crippen LogP contribution in [0.2, 0.25) is 0 Å². The van der Waals surface area contributed by atoms with E-state index in [-0.39, 0.29) is 11.5 Å². The summed E-state index contributed by atoms with van der Waals surface area (Å²) in [5.74, 6) is 1.44. The van der Waals surface area contributed by atoms with Crippen LogP contribution < -0.4 is 5.32 Å². The van der Waals surface area contributed by atoms with Gasteiger partial charge in [-0.2, -0.15) is 14.6 Å². The Balaban J connectivity index is 2.03. The molecule has 0 aliphatic heterocycles. The predicted octanol–water partition coefficient (Wildman–Crippen LogP) is 3.53. The molecule has 0 radical (unpaired) electrons. The zero-order valence-corrected chi connectivity index (χ0v) is 14.6. The van der Waals surface area contributed by atoms with Crippen LogP contribution in [-0.4, -0.2) is 26.7 Å². The zero-order chi connectivity index (χ0) is 16.4. The minimum atomic E-state index is 0.0441. The summed E-state index contributed by atoms with van der Waals surface area (Å²) in [6.45, 7) is 7.11. The van der Waals surface area contributed by atoms with Gasteiger partial charge in [0.15, 0.2) is 0 Å². The molecular formula is C16H21N5OS. The summed E-state index contributed by atoms with van der Waals surface area (Å²) in [6, 6.07) is 6.36. The molecule has 23 heavy (non-hydrogen) atoms. The number of methoxy groups -OCH3 is 1. The van der Waals surface area contributed by atoms with E-state index < -0.39 is 0 Å². The van der Waals surface area contributed by atoms with Gasteiger partial charge in [-0.3, -0.25) is 0 Å². The molecule has 1 unspecified atom stereocenters. The van der Waals surface area contributed by atoms with Crippen LogP contribution in [0.4, 0.5) is 5.82 Å². The summed E-state index contributed by atoms with van der Waals surface area (Å²) in [5.41, 5.74) is 0.872. The van der Waals surface area contributed by atoms with Crippen molar-refractivity contribution in [2.45, 2.75) is 33.4 Å². The van der Waals surface area contributed by atoms with Crippen LogP contribution >= 0.6 is 11.3 Å². The second-order valence-electron chi connectivity index (χ2n) is 6.50.